The summed E-state index contributed by atoms with van der Waals surface area (Å²) in [6.07, 6.45) is 1.61. The van der Waals surface area contributed by atoms with Crippen molar-refractivity contribution in [2.24, 2.45) is 0 Å². The number of rotatable bonds is 9. The van der Waals surface area contributed by atoms with Gasteiger partial charge in [-0.1, -0.05) is 48.5 Å². The number of para-hydroxylation sites is 1. The van der Waals surface area contributed by atoms with Gasteiger partial charge in [-0.2, -0.15) is 0 Å². The molecule has 0 aromatic heterocycles. The summed E-state index contributed by atoms with van der Waals surface area (Å²) in [4.78, 5) is 27.6. The molecule has 0 heterocycles. The van der Waals surface area contributed by atoms with Gasteiger partial charge in [-0.15, -0.1) is 0 Å². The fraction of sp³-hybridized carbons (Fsp3) is 0.417. The number of sulfonamides is 1. The highest BCUT2D eigenvalue weighted by molar-refractivity contribution is 7.92. The van der Waals surface area contributed by atoms with Gasteiger partial charge >= 0.3 is 0 Å². The van der Waals surface area contributed by atoms with Crippen LogP contribution >= 0.6 is 0 Å². The van der Waals surface area contributed by atoms with Crippen LogP contribution in [0.2, 0.25) is 0 Å². The van der Waals surface area contributed by atoms with Crippen LogP contribution in [0.5, 0.6) is 0 Å². The van der Waals surface area contributed by atoms with Crippen LogP contribution in [0.1, 0.15) is 33.3 Å². The molecule has 2 aromatic rings. The Labute approximate surface area is 191 Å². The molecule has 8 heteroatoms. The summed E-state index contributed by atoms with van der Waals surface area (Å²) in [7, 11) is -3.70. The van der Waals surface area contributed by atoms with E-state index < -0.39 is 27.5 Å². The molecule has 2 aromatic carbocycles. The third kappa shape index (κ3) is 7.67. The normalized spacial score (nSPS) is 12.7. The van der Waals surface area contributed by atoms with Gasteiger partial charge in [0.25, 0.3) is 0 Å². The van der Waals surface area contributed by atoms with Gasteiger partial charge in [0, 0.05) is 12.1 Å². The fourth-order valence-electron chi connectivity index (χ4n) is 3.25. The zero-order valence-electron chi connectivity index (χ0n) is 19.4. The van der Waals surface area contributed by atoms with Crippen molar-refractivity contribution >= 4 is 27.5 Å². The van der Waals surface area contributed by atoms with Crippen LogP contribution in [0.3, 0.4) is 0 Å². The standard InChI is InChI=1S/C24H33N3O4S/c1-19(23(29)25-24(2,3)4)26(17-16-20-12-8-6-9-13-20)22(28)18-27(32(5,30)31)21-14-10-7-11-15-21/h6-15,19H,16-18H2,1-5H3,(H,25,29). The largest absolute Gasteiger partial charge is 0.350 e. The lowest BCUT2D eigenvalue weighted by atomic mass is 10.1. The molecule has 0 saturated heterocycles. The number of nitrogens with one attached hydrogen (secondary N) is 1. The molecule has 1 unspecified atom stereocenters. The zero-order chi connectivity index (χ0) is 23.9. The molecule has 0 aliphatic heterocycles. The first-order valence-corrected chi connectivity index (χ1v) is 12.4. The summed E-state index contributed by atoms with van der Waals surface area (Å²) in [5.74, 6) is -0.726. The molecule has 2 amide bonds. The summed E-state index contributed by atoms with van der Waals surface area (Å²) in [6.45, 7) is 7.17. The molecule has 2 rings (SSSR count). The predicted molar refractivity (Wildman–Crippen MR) is 128 cm³/mol. The summed E-state index contributed by atoms with van der Waals surface area (Å²) in [5.41, 5.74) is 0.970. The van der Waals surface area contributed by atoms with Crippen LogP contribution in [0.4, 0.5) is 5.69 Å². The Balaban J connectivity index is 2.29. The number of hydrogen-bond acceptors (Lipinski definition) is 4. The Morgan fingerprint density at radius 1 is 0.969 bits per heavy atom. The van der Waals surface area contributed by atoms with E-state index >= 15 is 0 Å². The van der Waals surface area contributed by atoms with Crippen molar-refractivity contribution in [1.29, 1.82) is 0 Å². The van der Waals surface area contributed by atoms with Crippen molar-refractivity contribution < 1.29 is 18.0 Å². The maximum atomic E-state index is 13.3. The van der Waals surface area contributed by atoms with Gasteiger partial charge in [0.15, 0.2) is 0 Å². The summed E-state index contributed by atoms with van der Waals surface area (Å²) < 4.78 is 25.9. The van der Waals surface area contributed by atoms with Crippen molar-refractivity contribution in [2.75, 3.05) is 23.7 Å². The van der Waals surface area contributed by atoms with Gasteiger partial charge in [-0.05, 0) is 51.8 Å². The highest BCUT2D eigenvalue weighted by Gasteiger charge is 2.30. The molecule has 0 aliphatic carbocycles. The van der Waals surface area contributed by atoms with Crippen LogP contribution < -0.4 is 9.62 Å². The van der Waals surface area contributed by atoms with Gasteiger partial charge in [0.1, 0.15) is 12.6 Å². The third-order valence-electron chi connectivity index (χ3n) is 4.87. The van der Waals surface area contributed by atoms with Crippen molar-refractivity contribution in [3.05, 3.63) is 66.2 Å². The van der Waals surface area contributed by atoms with E-state index in [0.717, 1.165) is 16.1 Å². The minimum atomic E-state index is -3.70. The summed E-state index contributed by atoms with van der Waals surface area (Å²) in [6, 6.07) is 17.4. The number of carbonyl (C=O) groups is 2. The van der Waals surface area contributed by atoms with Crippen LogP contribution in [0.15, 0.2) is 60.7 Å². The second kappa shape index (κ2) is 10.6. The van der Waals surface area contributed by atoms with Crippen molar-refractivity contribution in [1.82, 2.24) is 10.2 Å². The SMILES string of the molecule is CC(C(=O)NC(C)(C)C)N(CCc1ccccc1)C(=O)CN(c1ccccc1)S(C)(=O)=O. The van der Waals surface area contributed by atoms with Gasteiger partial charge in [0.2, 0.25) is 21.8 Å². The average Bonchev–Trinajstić information content (AvgIpc) is 2.71. The van der Waals surface area contributed by atoms with Crippen molar-refractivity contribution in [3.8, 4) is 0 Å². The highest BCUT2D eigenvalue weighted by Crippen LogP contribution is 2.18. The van der Waals surface area contributed by atoms with Gasteiger partial charge in [-0.25, -0.2) is 8.42 Å². The third-order valence-corrected chi connectivity index (χ3v) is 6.01. The molecular formula is C24H33N3O4S. The molecule has 1 N–H and O–H groups in total. The maximum Gasteiger partial charge on any atom is 0.244 e. The van der Waals surface area contributed by atoms with E-state index in [0.29, 0.717) is 12.1 Å². The van der Waals surface area contributed by atoms with E-state index in [2.05, 4.69) is 5.32 Å². The molecule has 0 radical (unpaired) electrons. The number of hydrogen-bond donors (Lipinski definition) is 1. The lowest BCUT2D eigenvalue weighted by Gasteiger charge is -2.33. The number of nitrogens with zero attached hydrogens (tertiary/aromatic N) is 2. The Kier molecular flexibility index (Phi) is 8.44. The Morgan fingerprint density at radius 3 is 2.00 bits per heavy atom. The van der Waals surface area contributed by atoms with Gasteiger partial charge in [0.05, 0.1) is 11.9 Å². The molecule has 174 valence electrons. The average molecular weight is 460 g/mol. The minimum Gasteiger partial charge on any atom is -0.350 e. The minimum absolute atomic E-state index is 0.286. The van der Waals surface area contributed by atoms with E-state index in [1.807, 2.05) is 51.1 Å². The van der Waals surface area contributed by atoms with E-state index in [-0.39, 0.29) is 19.0 Å². The Morgan fingerprint density at radius 2 is 1.50 bits per heavy atom. The van der Waals surface area contributed by atoms with E-state index in [4.69, 9.17) is 0 Å². The van der Waals surface area contributed by atoms with E-state index in [9.17, 15) is 18.0 Å². The van der Waals surface area contributed by atoms with Crippen LogP contribution in [0.25, 0.3) is 0 Å². The molecule has 1 atom stereocenters. The number of benzene rings is 2. The molecule has 7 nitrogen and oxygen atoms in total. The fourth-order valence-corrected chi connectivity index (χ4v) is 4.10. The first kappa shape index (κ1) is 25.4. The van der Waals surface area contributed by atoms with Crippen LogP contribution in [-0.2, 0) is 26.0 Å². The molecule has 0 fully saturated rings. The number of amides is 2. The molecular weight excluding hydrogens is 426 g/mol. The molecule has 0 aliphatic rings. The lowest BCUT2D eigenvalue weighted by molar-refractivity contribution is -0.139. The summed E-state index contributed by atoms with van der Waals surface area (Å²) >= 11 is 0. The number of carbonyl (C=O) groups excluding carboxylic acids is 2. The molecule has 0 saturated carbocycles. The van der Waals surface area contributed by atoms with Crippen LogP contribution in [-0.4, -0.2) is 56.1 Å². The monoisotopic (exact) mass is 459 g/mol. The molecule has 0 spiro atoms. The smallest absolute Gasteiger partial charge is 0.244 e. The van der Waals surface area contributed by atoms with Gasteiger partial charge < -0.3 is 10.2 Å². The van der Waals surface area contributed by atoms with Crippen LogP contribution in [0, 0.1) is 0 Å². The Bertz CT molecular complexity index is 1000. The second-order valence-corrected chi connectivity index (χ2v) is 10.7. The topological polar surface area (TPSA) is 86.8 Å². The highest BCUT2D eigenvalue weighted by atomic mass is 32.2. The zero-order valence-corrected chi connectivity index (χ0v) is 20.2. The lowest BCUT2D eigenvalue weighted by Crippen LogP contribution is -2.55. The summed E-state index contributed by atoms with van der Waals surface area (Å²) in [5, 5.41) is 2.90. The van der Waals surface area contributed by atoms with Crippen molar-refractivity contribution in [3.63, 3.8) is 0 Å². The maximum absolute atomic E-state index is 13.3. The Hall–Kier alpha value is -2.87. The van der Waals surface area contributed by atoms with Gasteiger partial charge in [-0.3, -0.25) is 13.9 Å². The quantitative estimate of drug-likeness (QED) is 0.625. The molecule has 0 bridgehead atoms. The first-order valence-electron chi connectivity index (χ1n) is 10.6. The second-order valence-electron chi connectivity index (χ2n) is 8.84. The van der Waals surface area contributed by atoms with E-state index in [1.54, 1.807) is 37.3 Å². The molecule has 32 heavy (non-hydrogen) atoms. The predicted octanol–water partition coefficient (Wildman–Crippen LogP) is 2.83. The first-order chi connectivity index (χ1) is 14.9. The number of anilines is 1. The van der Waals surface area contributed by atoms with Crippen molar-refractivity contribution in [2.45, 2.75) is 45.7 Å². The van der Waals surface area contributed by atoms with E-state index in [1.165, 1.54) is 4.90 Å².